The summed E-state index contributed by atoms with van der Waals surface area (Å²) in [5.41, 5.74) is 6.34. The van der Waals surface area contributed by atoms with Crippen LogP contribution in [-0.4, -0.2) is 14.9 Å². The minimum Gasteiger partial charge on any atom is -0.437 e. The molecule has 0 amide bonds. The van der Waals surface area contributed by atoms with Crippen LogP contribution in [0.15, 0.2) is 24.5 Å². The number of hydrogen-bond acceptors (Lipinski definition) is 6. The molecule has 2 rings (SSSR count). The molecule has 2 N–H and O–H groups in total. The van der Waals surface area contributed by atoms with E-state index in [4.69, 9.17) is 22.1 Å². The van der Waals surface area contributed by atoms with Crippen LogP contribution in [-0.2, 0) is 6.42 Å². The summed E-state index contributed by atoms with van der Waals surface area (Å²) in [4.78, 5) is 18.2. The van der Waals surface area contributed by atoms with Gasteiger partial charge in [-0.15, -0.1) is 0 Å². The van der Waals surface area contributed by atoms with Crippen molar-refractivity contribution in [2.45, 2.75) is 19.8 Å². The van der Waals surface area contributed by atoms with Gasteiger partial charge in [-0.2, -0.15) is 0 Å². The fraction of sp³-hybridized carbons (Fsp3) is 0.231. The van der Waals surface area contributed by atoms with E-state index in [2.05, 4.69) is 9.97 Å². The van der Waals surface area contributed by atoms with Crippen LogP contribution in [0.4, 0.5) is 11.5 Å². The molecular weight excluding hydrogens is 296 g/mol. The smallest absolute Gasteiger partial charge is 0.273 e. The van der Waals surface area contributed by atoms with Gasteiger partial charge in [0.15, 0.2) is 5.75 Å². The zero-order valence-electron chi connectivity index (χ0n) is 11.2. The summed E-state index contributed by atoms with van der Waals surface area (Å²) in [6.45, 7) is 1.98. The van der Waals surface area contributed by atoms with Gasteiger partial charge >= 0.3 is 0 Å². The van der Waals surface area contributed by atoms with Crippen molar-refractivity contribution in [2.75, 3.05) is 5.73 Å². The van der Waals surface area contributed by atoms with Crippen LogP contribution >= 0.6 is 11.6 Å². The van der Waals surface area contributed by atoms with E-state index in [1.807, 2.05) is 6.92 Å². The second kappa shape index (κ2) is 6.36. The Bertz CT molecular complexity index is 678. The van der Waals surface area contributed by atoms with E-state index >= 15 is 0 Å². The highest BCUT2D eigenvalue weighted by Gasteiger charge is 2.15. The van der Waals surface area contributed by atoms with Gasteiger partial charge in [0.1, 0.15) is 12.1 Å². The molecule has 0 radical (unpaired) electrons. The fourth-order valence-corrected chi connectivity index (χ4v) is 1.93. The average molecular weight is 309 g/mol. The molecule has 0 aliphatic rings. The molecule has 0 saturated carbocycles. The second-order valence-corrected chi connectivity index (χ2v) is 4.67. The van der Waals surface area contributed by atoms with Crippen LogP contribution in [0, 0.1) is 10.1 Å². The molecule has 0 aliphatic carbocycles. The third kappa shape index (κ3) is 3.38. The van der Waals surface area contributed by atoms with Gasteiger partial charge in [0, 0.05) is 6.07 Å². The first-order valence-corrected chi connectivity index (χ1v) is 6.61. The van der Waals surface area contributed by atoms with Gasteiger partial charge in [-0.25, -0.2) is 9.97 Å². The topological polar surface area (TPSA) is 104 Å². The molecule has 21 heavy (non-hydrogen) atoms. The van der Waals surface area contributed by atoms with Crippen LogP contribution in [0.1, 0.15) is 18.9 Å². The Morgan fingerprint density at radius 3 is 2.86 bits per heavy atom. The number of ether oxygens (including phenoxy) is 1. The number of nitrogens with two attached hydrogens (primary N) is 1. The van der Waals surface area contributed by atoms with Crippen molar-refractivity contribution < 1.29 is 9.66 Å². The second-order valence-electron chi connectivity index (χ2n) is 4.27. The lowest BCUT2D eigenvalue weighted by Gasteiger charge is -2.11. The summed E-state index contributed by atoms with van der Waals surface area (Å²) in [5, 5.41) is 11.1. The van der Waals surface area contributed by atoms with Gasteiger partial charge in [0.25, 0.3) is 5.69 Å². The Kier molecular flexibility index (Phi) is 4.54. The molecule has 1 aromatic heterocycles. The maximum atomic E-state index is 10.8. The monoisotopic (exact) mass is 308 g/mol. The zero-order chi connectivity index (χ0) is 15.4. The highest BCUT2D eigenvalue weighted by atomic mass is 35.5. The van der Waals surface area contributed by atoms with Crippen molar-refractivity contribution in [2.24, 2.45) is 0 Å². The predicted octanol–water partition coefficient (Wildman–Crippen LogP) is 3.37. The predicted molar refractivity (Wildman–Crippen MR) is 78.6 cm³/mol. The lowest BCUT2D eigenvalue weighted by molar-refractivity contribution is -0.384. The maximum Gasteiger partial charge on any atom is 0.273 e. The molecule has 7 nitrogen and oxygen atoms in total. The molecule has 2 aromatic rings. The Balaban J connectivity index is 2.40. The molecule has 0 atom stereocenters. The summed E-state index contributed by atoms with van der Waals surface area (Å²) in [7, 11) is 0. The Morgan fingerprint density at radius 2 is 2.19 bits per heavy atom. The quantitative estimate of drug-likeness (QED) is 0.670. The number of aromatic nitrogens is 2. The minimum atomic E-state index is -0.523. The highest BCUT2D eigenvalue weighted by molar-refractivity contribution is 6.32. The van der Waals surface area contributed by atoms with Crippen molar-refractivity contribution in [1.29, 1.82) is 0 Å². The SMILES string of the molecule is CCCc1c(N)ncnc1Oc1cc([N+](=O)[O-])ccc1Cl. The Morgan fingerprint density at radius 1 is 1.43 bits per heavy atom. The zero-order valence-corrected chi connectivity index (χ0v) is 12.0. The third-order valence-electron chi connectivity index (χ3n) is 2.77. The number of nitrogens with zero attached hydrogens (tertiary/aromatic N) is 3. The number of nitrogen functional groups attached to an aromatic ring is 1. The van der Waals surface area contributed by atoms with E-state index in [9.17, 15) is 10.1 Å². The molecule has 0 saturated heterocycles. The Hall–Kier alpha value is -2.41. The number of nitro groups is 1. The molecule has 0 aliphatic heterocycles. The lowest BCUT2D eigenvalue weighted by Crippen LogP contribution is -2.03. The number of halogens is 1. The van der Waals surface area contributed by atoms with Crippen LogP contribution in [0.2, 0.25) is 5.02 Å². The molecule has 0 fully saturated rings. The number of anilines is 1. The van der Waals surface area contributed by atoms with E-state index in [0.29, 0.717) is 17.8 Å². The van der Waals surface area contributed by atoms with E-state index in [-0.39, 0.29) is 22.3 Å². The fourth-order valence-electron chi connectivity index (χ4n) is 1.77. The van der Waals surface area contributed by atoms with Gasteiger partial charge < -0.3 is 10.5 Å². The summed E-state index contributed by atoms with van der Waals surface area (Å²) in [6.07, 6.45) is 2.74. The largest absolute Gasteiger partial charge is 0.437 e. The lowest BCUT2D eigenvalue weighted by atomic mass is 10.2. The molecule has 110 valence electrons. The van der Waals surface area contributed by atoms with Crippen LogP contribution in [0.25, 0.3) is 0 Å². The van der Waals surface area contributed by atoms with Gasteiger partial charge in [-0.1, -0.05) is 24.9 Å². The number of benzene rings is 1. The van der Waals surface area contributed by atoms with Crippen molar-refractivity contribution in [3.8, 4) is 11.6 Å². The highest BCUT2D eigenvalue weighted by Crippen LogP contribution is 2.34. The summed E-state index contributed by atoms with van der Waals surface area (Å²) in [5.74, 6) is 0.733. The first kappa shape index (κ1) is 15.0. The van der Waals surface area contributed by atoms with Crippen molar-refractivity contribution in [3.63, 3.8) is 0 Å². The van der Waals surface area contributed by atoms with Crippen molar-refractivity contribution >= 4 is 23.1 Å². The minimum absolute atomic E-state index is 0.117. The maximum absolute atomic E-state index is 10.8. The molecule has 1 aromatic carbocycles. The Labute approximate surface area is 125 Å². The molecule has 1 heterocycles. The van der Waals surface area contributed by atoms with E-state index < -0.39 is 4.92 Å². The van der Waals surface area contributed by atoms with E-state index in [1.165, 1.54) is 24.5 Å². The molecule has 0 spiro atoms. The van der Waals surface area contributed by atoms with E-state index in [0.717, 1.165) is 6.42 Å². The number of hydrogen-bond donors (Lipinski definition) is 1. The third-order valence-corrected chi connectivity index (χ3v) is 3.08. The van der Waals surface area contributed by atoms with E-state index in [1.54, 1.807) is 0 Å². The van der Waals surface area contributed by atoms with Gasteiger partial charge in [-0.05, 0) is 12.5 Å². The van der Waals surface area contributed by atoms with Gasteiger partial charge in [-0.3, -0.25) is 10.1 Å². The van der Waals surface area contributed by atoms with Crippen molar-refractivity contribution in [1.82, 2.24) is 9.97 Å². The number of non-ortho nitro benzene ring substituents is 1. The summed E-state index contributed by atoms with van der Waals surface area (Å²) >= 11 is 6.00. The van der Waals surface area contributed by atoms with Crippen molar-refractivity contribution in [3.05, 3.63) is 45.2 Å². The number of nitro benzene ring substituents is 1. The first-order chi connectivity index (χ1) is 10.0. The summed E-state index contributed by atoms with van der Waals surface area (Å²) in [6, 6.07) is 3.95. The molecular formula is C13H13ClN4O3. The standard InChI is InChI=1S/C13H13ClN4O3/c1-2-3-9-12(15)16-7-17-13(9)21-11-6-8(18(19)20)4-5-10(11)14/h4-7H,2-3H2,1H3,(H2,15,16,17). The van der Waals surface area contributed by atoms with Gasteiger partial charge in [0.2, 0.25) is 5.88 Å². The average Bonchev–Trinajstić information content (AvgIpc) is 2.44. The van der Waals surface area contributed by atoms with Gasteiger partial charge in [0.05, 0.1) is 21.6 Å². The number of rotatable bonds is 5. The molecule has 0 unspecified atom stereocenters. The van der Waals surface area contributed by atoms with Crippen LogP contribution in [0.5, 0.6) is 11.6 Å². The first-order valence-electron chi connectivity index (χ1n) is 6.24. The normalized spacial score (nSPS) is 10.4. The molecule has 8 heteroatoms. The summed E-state index contributed by atoms with van der Waals surface area (Å²) < 4.78 is 5.60. The van der Waals surface area contributed by atoms with Crippen LogP contribution in [0.3, 0.4) is 0 Å². The molecule has 0 bridgehead atoms. The van der Waals surface area contributed by atoms with Crippen LogP contribution < -0.4 is 10.5 Å².